The Kier molecular flexibility index (Phi) is 3.36. The SMILES string of the molecule is FC(F)(F)c1cc(C2CC2)n(Cc2nnc(-c3ccncc3)o2)n1. The molecule has 0 aromatic carbocycles. The van der Waals surface area contributed by atoms with Crippen LogP contribution >= 0.6 is 0 Å². The smallest absolute Gasteiger partial charge is 0.419 e. The Hall–Kier alpha value is -2.71. The van der Waals surface area contributed by atoms with Gasteiger partial charge in [0.15, 0.2) is 5.69 Å². The molecule has 0 unspecified atom stereocenters. The van der Waals surface area contributed by atoms with Gasteiger partial charge in [0.05, 0.1) is 0 Å². The second kappa shape index (κ2) is 5.43. The number of aromatic nitrogens is 5. The zero-order chi connectivity index (χ0) is 16.7. The molecule has 4 rings (SSSR count). The molecule has 0 amide bonds. The van der Waals surface area contributed by atoms with Crippen LogP contribution in [0.1, 0.15) is 36.0 Å². The van der Waals surface area contributed by atoms with Gasteiger partial charge in [-0.15, -0.1) is 10.2 Å². The summed E-state index contributed by atoms with van der Waals surface area (Å²) >= 11 is 0. The maximum absolute atomic E-state index is 12.9. The number of hydrogen-bond donors (Lipinski definition) is 0. The lowest BCUT2D eigenvalue weighted by molar-refractivity contribution is -0.141. The highest BCUT2D eigenvalue weighted by Crippen LogP contribution is 2.42. The molecule has 1 fully saturated rings. The van der Waals surface area contributed by atoms with Crippen molar-refractivity contribution in [2.75, 3.05) is 0 Å². The summed E-state index contributed by atoms with van der Waals surface area (Å²) < 4.78 is 45.5. The molecule has 3 aromatic rings. The van der Waals surface area contributed by atoms with Crippen LogP contribution in [0.5, 0.6) is 0 Å². The topological polar surface area (TPSA) is 69.6 Å². The minimum Gasteiger partial charge on any atom is -0.419 e. The van der Waals surface area contributed by atoms with Gasteiger partial charge >= 0.3 is 6.18 Å². The first-order valence-electron chi connectivity index (χ1n) is 7.38. The van der Waals surface area contributed by atoms with Gasteiger partial charge in [0, 0.05) is 29.6 Å². The maximum atomic E-state index is 12.9. The average molecular weight is 335 g/mol. The van der Waals surface area contributed by atoms with Crippen LogP contribution in [0.2, 0.25) is 0 Å². The second-order valence-electron chi connectivity index (χ2n) is 5.62. The van der Waals surface area contributed by atoms with Gasteiger partial charge in [-0.1, -0.05) is 0 Å². The monoisotopic (exact) mass is 335 g/mol. The van der Waals surface area contributed by atoms with Crippen molar-refractivity contribution in [1.82, 2.24) is 25.0 Å². The highest BCUT2D eigenvalue weighted by Gasteiger charge is 2.38. The highest BCUT2D eigenvalue weighted by atomic mass is 19.4. The van der Waals surface area contributed by atoms with Crippen LogP contribution in [0, 0.1) is 0 Å². The summed E-state index contributed by atoms with van der Waals surface area (Å²) in [5.41, 5.74) is 0.367. The lowest BCUT2D eigenvalue weighted by Crippen LogP contribution is -2.09. The van der Waals surface area contributed by atoms with Crippen LogP contribution in [0.3, 0.4) is 0 Å². The van der Waals surface area contributed by atoms with E-state index in [1.54, 1.807) is 24.5 Å². The van der Waals surface area contributed by atoms with Crippen LogP contribution in [0.4, 0.5) is 13.2 Å². The Bertz CT molecular complexity index is 852. The zero-order valence-corrected chi connectivity index (χ0v) is 12.4. The Labute approximate surface area is 134 Å². The molecule has 1 aliphatic carbocycles. The molecule has 0 radical (unpaired) electrons. The number of alkyl halides is 3. The van der Waals surface area contributed by atoms with Crippen molar-refractivity contribution in [1.29, 1.82) is 0 Å². The van der Waals surface area contributed by atoms with Gasteiger partial charge in [0.1, 0.15) is 6.54 Å². The molecule has 124 valence electrons. The van der Waals surface area contributed by atoms with Crippen LogP contribution in [-0.4, -0.2) is 25.0 Å². The van der Waals surface area contributed by atoms with Crippen molar-refractivity contribution in [3.8, 4) is 11.5 Å². The normalized spacial score (nSPS) is 15.0. The summed E-state index contributed by atoms with van der Waals surface area (Å²) in [7, 11) is 0. The Morgan fingerprint density at radius 3 is 2.58 bits per heavy atom. The molecule has 0 saturated heterocycles. The van der Waals surface area contributed by atoms with E-state index in [0.717, 1.165) is 18.9 Å². The Morgan fingerprint density at radius 2 is 1.92 bits per heavy atom. The molecule has 0 aliphatic heterocycles. The van der Waals surface area contributed by atoms with E-state index in [-0.39, 0.29) is 18.4 Å². The summed E-state index contributed by atoms with van der Waals surface area (Å²) in [6, 6.07) is 4.53. The molecule has 3 aromatic heterocycles. The first-order chi connectivity index (χ1) is 11.5. The molecule has 1 saturated carbocycles. The Balaban J connectivity index is 1.62. The van der Waals surface area contributed by atoms with Crippen molar-refractivity contribution in [3.05, 3.63) is 47.9 Å². The van der Waals surface area contributed by atoms with E-state index < -0.39 is 11.9 Å². The standard InChI is InChI=1S/C15H12F3N5O/c16-15(17,18)12-7-11(9-1-2-9)23(22-12)8-13-20-21-14(24-13)10-3-5-19-6-4-10/h3-7,9H,1-2,8H2. The number of pyridine rings is 1. The third-order valence-electron chi connectivity index (χ3n) is 3.78. The van der Waals surface area contributed by atoms with Gasteiger partial charge in [-0.3, -0.25) is 9.67 Å². The summed E-state index contributed by atoms with van der Waals surface area (Å²) in [4.78, 5) is 3.90. The summed E-state index contributed by atoms with van der Waals surface area (Å²) in [5, 5.41) is 11.5. The van der Waals surface area contributed by atoms with Gasteiger partial charge in [-0.25, -0.2) is 0 Å². The number of rotatable bonds is 4. The molecule has 6 nitrogen and oxygen atoms in total. The lowest BCUT2D eigenvalue weighted by atomic mass is 10.2. The first-order valence-corrected chi connectivity index (χ1v) is 7.38. The van der Waals surface area contributed by atoms with Crippen LogP contribution < -0.4 is 0 Å². The Morgan fingerprint density at radius 1 is 1.17 bits per heavy atom. The lowest BCUT2D eigenvalue weighted by Gasteiger charge is -2.03. The predicted molar refractivity (Wildman–Crippen MR) is 75.8 cm³/mol. The van der Waals surface area contributed by atoms with Crippen molar-refractivity contribution in [3.63, 3.8) is 0 Å². The van der Waals surface area contributed by atoms with E-state index in [9.17, 15) is 13.2 Å². The van der Waals surface area contributed by atoms with Crippen LogP contribution in [-0.2, 0) is 12.7 Å². The maximum Gasteiger partial charge on any atom is 0.435 e. The largest absolute Gasteiger partial charge is 0.435 e. The number of hydrogen-bond acceptors (Lipinski definition) is 5. The third kappa shape index (κ3) is 2.89. The van der Waals surface area contributed by atoms with Crippen molar-refractivity contribution in [2.24, 2.45) is 0 Å². The summed E-state index contributed by atoms with van der Waals surface area (Å²) in [6.07, 6.45) is 0.455. The molecule has 24 heavy (non-hydrogen) atoms. The number of halogens is 3. The summed E-state index contributed by atoms with van der Waals surface area (Å²) in [6.45, 7) is 0.0139. The molecular formula is C15H12F3N5O. The van der Waals surface area contributed by atoms with Gasteiger partial charge in [0.25, 0.3) is 0 Å². The zero-order valence-electron chi connectivity index (χ0n) is 12.4. The van der Waals surface area contributed by atoms with Gasteiger partial charge < -0.3 is 4.42 Å². The van der Waals surface area contributed by atoms with E-state index in [2.05, 4.69) is 20.3 Å². The van der Waals surface area contributed by atoms with Gasteiger partial charge in [-0.05, 0) is 31.0 Å². The van der Waals surface area contributed by atoms with Gasteiger partial charge in [0.2, 0.25) is 11.8 Å². The van der Waals surface area contributed by atoms with Crippen molar-refractivity contribution in [2.45, 2.75) is 31.5 Å². The fourth-order valence-corrected chi connectivity index (χ4v) is 2.46. The fourth-order valence-electron chi connectivity index (χ4n) is 2.46. The molecule has 9 heteroatoms. The van der Waals surface area contributed by atoms with Gasteiger partial charge in [-0.2, -0.15) is 18.3 Å². The molecule has 0 spiro atoms. The minimum atomic E-state index is -4.47. The van der Waals surface area contributed by atoms with Crippen molar-refractivity contribution >= 4 is 0 Å². The number of nitrogens with zero attached hydrogens (tertiary/aromatic N) is 5. The van der Waals surface area contributed by atoms with E-state index in [0.29, 0.717) is 17.1 Å². The van der Waals surface area contributed by atoms with E-state index in [4.69, 9.17) is 4.42 Å². The van der Waals surface area contributed by atoms with E-state index >= 15 is 0 Å². The quantitative estimate of drug-likeness (QED) is 0.732. The molecule has 0 bridgehead atoms. The first kappa shape index (κ1) is 14.9. The van der Waals surface area contributed by atoms with Crippen LogP contribution in [0.25, 0.3) is 11.5 Å². The molecule has 0 atom stereocenters. The molecule has 3 heterocycles. The minimum absolute atomic E-state index is 0.0139. The predicted octanol–water partition coefficient (Wildman–Crippen LogP) is 3.27. The summed E-state index contributed by atoms with van der Waals surface area (Å²) in [5.74, 6) is 0.625. The van der Waals surface area contributed by atoms with E-state index in [1.165, 1.54) is 4.68 Å². The second-order valence-corrected chi connectivity index (χ2v) is 5.62. The van der Waals surface area contributed by atoms with E-state index in [1.807, 2.05) is 0 Å². The molecule has 1 aliphatic rings. The third-order valence-corrected chi connectivity index (χ3v) is 3.78. The molecular weight excluding hydrogens is 323 g/mol. The highest BCUT2D eigenvalue weighted by molar-refractivity contribution is 5.50. The molecule has 0 N–H and O–H groups in total. The van der Waals surface area contributed by atoms with Crippen molar-refractivity contribution < 1.29 is 17.6 Å². The van der Waals surface area contributed by atoms with Crippen LogP contribution in [0.15, 0.2) is 35.0 Å². The fraction of sp³-hybridized carbons (Fsp3) is 0.333. The average Bonchev–Trinajstić information content (AvgIpc) is 3.13.